The molecule has 0 aliphatic carbocycles. The first kappa shape index (κ1) is 14.0. The number of ether oxygens (including phenoxy) is 3. The predicted molar refractivity (Wildman–Crippen MR) is 65.1 cm³/mol. The van der Waals surface area contributed by atoms with Crippen LogP contribution in [0, 0.1) is 13.8 Å². The van der Waals surface area contributed by atoms with E-state index in [4.69, 9.17) is 4.74 Å². The van der Waals surface area contributed by atoms with Gasteiger partial charge >= 0.3 is 11.9 Å². The summed E-state index contributed by atoms with van der Waals surface area (Å²) in [7, 11) is 3.94. The number of rotatable bonds is 3. The van der Waals surface area contributed by atoms with Crippen molar-refractivity contribution in [1.29, 1.82) is 0 Å². The van der Waals surface area contributed by atoms with Crippen LogP contribution in [0.4, 0.5) is 0 Å². The fraction of sp³-hybridized carbons (Fsp3) is 0.385. The summed E-state index contributed by atoms with van der Waals surface area (Å²) in [6, 6.07) is 1.59. The van der Waals surface area contributed by atoms with E-state index in [1.54, 1.807) is 6.07 Å². The first-order valence-electron chi connectivity index (χ1n) is 5.32. The lowest BCUT2D eigenvalue weighted by atomic mass is 9.98. The van der Waals surface area contributed by atoms with Crippen LogP contribution >= 0.6 is 0 Å². The van der Waals surface area contributed by atoms with Gasteiger partial charge in [-0.05, 0) is 31.0 Å². The topological polar surface area (TPSA) is 61.8 Å². The number of aryl methyl sites for hydroxylation is 1. The zero-order chi connectivity index (χ0) is 13.9. The summed E-state index contributed by atoms with van der Waals surface area (Å²) >= 11 is 0. The Hall–Kier alpha value is -2.04. The zero-order valence-corrected chi connectivity index (χ0v) is 11.1. The second kappa shape index (κ2) is 5.53. The van der Waals surface area contributed by atoms with Crippen molar-refractivity contribution in [1.82, 2.24) is 0 Å². The molecule has 0 saturated carbocycles. The summed E-state index contributed by atoms with van der Waals surface area (Å²) in [4.78, 5) is 23.5. The van der Waals surface area contributed by atoms with E-state index in [-0.39, 0.29) is 11.1 Å². The van der Waals surface area contributed by atoms with E-state index < -0.39 is 11.9 Å². The molecule has 0 spiro atoms. The fourth-order valence-corrected chi connectivity index (χ4v) is 1.72. The van der Waals surface area contributed by atoms with Gasteiger partial charge in [-0.1, -0.05) is 0 Å². The molecule has 0 heterocycles. The smallest absolute Gasteiger partial charge is 0.342 e. The number of methoxy groups -OCH3 is 3. The molecule has 1 aromatic carbocycles. The second-order valence-electron chi connectivity index (χ2n) is 3.76. The average Bonchev–Trinajstić information content (AvgIpc) is 2.39. The van der Waals surface area contributed by atoms with Crippen LogP contribution in [0.1, 0.15) is 31.8 Å². The van der Waals surface area contributed by atoms with Crippen LogP contribution < -0.4 is 4.74 Å². The molecule has 0 aromatic heterocycles. The Kier molecular flexibility index (Phi) is 4.31. The van der Waals surface area contributed by atoms with Crippen molar-refractivity contribution in [2.75, 3.05) is 21.3 Å². The molecule has 0 radical (unpaired) electrons. The molecule has 5 heteroatoms. The molecule has 0 amide bonds. The lowest BCUT2D eigenvalue weighted by Crippen LogP contribution is -2.15. The normalized spacial score (nSPS) is 9.83. The molecule has 0 unspecified atom stereocenters. The molecule has 1 rings (SSSR count). The number of hydrogen-bond donors (Lipinski definition) is 0. The number of carbonyl (C=O) groups is 2. The van der Waals surface area contributed by atoms with Gasteiger partial charge in [-0.2, -0.15) is 0 Å². The van der Waals surface area contributed by atoms with Gasteiger partial charge in [-0.25, -0.2) is 9.59 Å². The number of carbonyl (C=O) groups excluding carboxylic acids is 2. The largest absolute Gasteiger partial charge is 0.496 e. The highest BCUT2D eigenvalue weighted by Gasteiger charge is 2.25. The molecule has 0 saturated heterocycles. The lowest BCUT2D eigenvalue weighted by Gasteiger charge is -2.15. The zero-order valence-electron chi connectivity index (χ0n) is 11.1. The Morgan fingerprint density at radius 3 is 2.00 bits per heavy atom. The molecule has 5 nitrogen and oxygen atoms in total. The van der Waals surface area contributed by atoms with E-state index >= 15 is 0 Å². The molecule has 0 fully saturated rings. The maximum atomic E-state index is 11.8. The highest BCUT2D eigenvalue weighted by molar-refractivity contribution is 6.05. The Morgan fingerprint density at radius 1 is 1.00 bits per heavy atom. The quantitative estimate of drug-likeness (QED) is 0.769. The van der Waals surface area contributed by atoms with Crippen molar-refractivity contribution in [2.45, 2.75) is 13.8 Å². The highest BCUT2D eigenvalue weighted by atomic mass is 16.5. The molecule has 0 atom stereocenters. The minimum Gasteiger partial charge on any atom is -0.496 e. The van der Waals surface area contributed by atoms with Crippen LogP contribution in [0.3, 0.4) is 0 Å². The Balaban J connectivity index is 3.64. The van der Waals surface area contributed by atoms with Gasteiger partial charge < -0.3 is 14.2 Å². The van der Waals surface area contributed by atoms with Gasteiger partial charge in [-0.15, -0.1) is 0 Å². The first-order chi connectivity index (χ1) is 8.47. The van der Waals surface area contributed by atoms with Gasteiger partial charge in [0.1, 0.15) is 11.3 Å². The molecule has 0 aliphatic heterocycles. The monoisotopic (exact) mass is 252 g/mol. The van der Waals surface area contributed by atoms with E-state index in [1.807, 2.05) is 13.8 Å². The van der Waals surface area contributed by atoms with Crippen LogP contribution in [-0.4, -0.2) is 33.3 Å². The van der Waals surface area contributed by atoms with Gasteiger partial charge in [0, 0.05) is 0 Å². The van der Waals surface area contributed by atoms with Gasteiger partial charge in [0.05, 0.1) is 26.9 Å². The van der Waals surface area contributed by atoms with Crippen molar-refractivity contribution in [3.63, 3.8) is 0 Å². The molecule has 0 bridgehead atoms. The van der Waals surface area contributed by atoms with Crippen LogP contribution in [0.5, 0.6) is 5.75 Å². The van der Waals surface area contributed by atoms with Crippen molar-refractivity contribution in [3.8, 4) is 5.75 Å². The number of esters is 2. The summed E-state index contributed by atoms with van der Waals surface area (Å²) < 4.78 is 14.6. The van der Waals surface area contributed by atoms with Crippen LogP contribution in [0.2, 0.25) is 0 Å². The third-order valence-corrected chi connectivity index (χ3v) is 2.79. The van der Waals surface area contributed by atoms with E-state index in [0.717, 1.165) is 11.1 Å². The molecular weight excluding hydrogens is 236 g/mol. The van der Waals surface area contributed by atoms with E-state index in [0.29, 0.717) is 5.75 Å². The van der Waals surface area contributed by atoms with Gasteiger partial charge in [0.2, 0.25) is 0 Å². The second-order valence-corrected chi connectivity index (χ2v) is 3.76. The first-order valence-corrected chi connectivity index (χ1v) is 5.32. The van der Waals surface area contributed by atoms with E-state index in [2.05, 4.69) is 9.47 Å². The Labute approximate surface area is 106 Å². The minimum absolute atomic E-state index is 0.0925. The van der Waals surface area contributed by atoms with Gasteiger partial charge in [-0.3, -0.25) is 0 Å². The van der Waals surface area contributed by atoms with Gasteiger partial charge in [0.25, 0.3) is 0 Å². The number of benzene rings is 1. The van der Waals surface area contributed by atoms with Crippen molar-refractivity contribution in [2.24, 2.45) is 0 Å². The van der Waals surface area contributed by atoms with Crippen molar-refractivity contribution in [3.05, 3.63) is 28.3 Å². The molecule has 98 valence electrons. The molecule has 1 aromatic rings. The Morgan fingerprint density at radius 2 is 1.56 bits per heavy atom. The maximum absolute atomic E-state index is 11.8. The molecular formula is C13H16O5. The average molecular weight is 252 g/mol. The van der Waals surface area contributed by atoms with Crippen molar-refractivity contribution >= 4 is 11.9 Å². The highest BCUT2D eigenvalue weighted by Crippen LogP contribution is 2.30. The third kappa shape index (κ3) is 2.30. The third-order valence-electron chi connectivity index (χ3n) is 2.79. The van der Waals surface area contributed by atoms with Crippen molar-refractivity contribution < 1.29 is 23.8 Å². The summed E-state index contributed by atoms with van der Waals surface area (Å²) in [6.45, 7) is 3.63. The SMILES string of the molecule is COC(=O)c1cc(C)c(C)c(OC)c1C(=O)OC. The summed E-state index contributed by atoms with van der Waals surface area (Å²) in [5.41, 5.74) is 1.85. The summed E-state index contributed by atoms with van der Waals surface area (Å²) in [6.07, 6.45) is 0. The fourth-order valence-electron chi connectivity index (χ4n) is 1.72. The van der Waals surface area contributed by atoms with E-state index in [9.17, 15) is 9.59 Å². The minimum atomic E-state index is -0.629. The van der Waals surface area contributed by atoms with Gasteiger partial charge in [0.15, 0.2) is 0 Å². The molecule has 0 aliphatic rings. The summed E-state index contributed by atoms with van der Waals surface area (Å²) in [5, 5.41) is 0. The Bertz CT molecular complexity index is 491. The molecule has 0 N–H and O–H groups in total. The molecule has 18 heavy (non-hydrogen) atoms. The van der Waals surface area contributed by atoms with Crippen LogP contribution in [0.15, 0.2) is 6.07 Å². The van der Waals surface area contributed by atoms with Crippen LogP contribution in [0.25, 0.3) is 0 Å². The summed E-state index contributed by atoms with van der Waals surface area (Å²) in [5.74, 6) is -0.894. The van der Waals surface area contributed by atoms with Crippen LogP contribution in [-0.2, 0) is 9.47 Å². The number of hydrogen-bond acceptors (Lipinski definition) is 5. The maximum Gasteiger partial charge on any atom is 0.342 e. The lowest BCUT2D eigenvalue weighted by molar-refractivity contribution is 0.0552. The standard InChI is InChI=1S/C13H16O5/c1-7-6-9(12(14)17-4)10(13(15)18-5)11(16-3)8(7)2/h6H,1-5H3. The van der Waals surface area contributed by atoms with E-state index in [1.165, 1.54) is 21.3 Å². The predicted octanol–water partition coefficient (Wildman–Crippen LogP) is 1.89.